The molecule has 1 atom stereocenters. The fourth-order valence-electron chi connectivity index (χ4n) is 4.35. The molecule has 2 aromatic carbocycles. The van der Waals surface area contributed by atoms with Crippen LogP contribution in [0.2, 0.25) is 11.6 Å². The molecule has 0 amide bonds. The molecule has 6 heteroatoms. The predicted molar refractivity (Wildman–Crippen MR) is 155 cm³/mol. The Morgan fingerprint density at radius 3 is 2.00 bits per heavy atom. The molecular weight excluding hydrogens is 462 g/mol. The van der Waals surface area contributed by atoms with Crippen molar-refractivity contribution in [1.29, 1.82) is 0 Å². The predicted octanol–water partition coefficient (Wildman–Crippen LogP) is 4.99. The average molecular weight is 505 g/mol. The maximum absolute atomic E-state index is 10.1. The molecule has 0 spiro atoms. The average Bonchev–Trinajstić information content (AvgIpc) is 2.85. The van der Waals surface area contributed by atoms with Crippen molar-refractivity contribution in [3.8, 4) is 0 Å². The summed E-state index contributed by atoms with van der Waals surface area (Å²) in [6.45, 7) is 4.35. The first kappa shape index (κ1) is 27.8. The zero-order valence-electron chi connectivity index (χ0n) is 22.6. The topological polar surface area (TPSA) is 59.1 Å². The van der Waals surface area contributed by atoms with Crippen LogP contribution in [0.5, 0.6) is 0 Å². The third kappa shape index (κ3) is 7.35. The van der Waals surface area contributed by atoms with Crippen molar-refractivity contribution in [2.75, 3.05) is 39.6 Å². The van der Waals surface area contributed by atoms with Crippen molar-refractivity contribution in [3.05, 3.63) is 89.5 Å². The molecule has 0 aromatic heterocycles. The fourth-order valence-corrected chi connectivity index (χ4v) is 5.61. The van der Waals surface area contributed by atoms with Crippen molar-refractivity contribution < 1.29 is 14.2 Å². The molecule has 192 valence electrons. The Labute approximate surface area is 218 Å². The zero-order valence-corrected chi connectivity index (χ0v) is 23.6. The summed E-state index contributed by atoms with van der Waals surface area (Å²) >= 11 is 0. The van der Waals surface area contributed by atoms with E-state index in [0.717, 1.165) is 5.56 Å². The highest BCUT2D eigenvalue weighted by Gasteiger charge is 2.32. The second kappa shape index (κ2) is 12.4. The van der Waals surface area contributed by atoms with Crippen molar-refractivity contribution in [2.45, 2.75) is 37.8 Å². The molecule has 2 N–H and O–H groups in total. The van der Waals surface area contributed by atoms with Gasteiger partial charge in [0.15, 0.2) is 5.71 Å². The summed E-state index contributed by atoms with van der Waals surface area (Å²) in [5.41, 5.74) is 5.96. The fraction of sp³-hybridized carbons (Fsp3) is 0.400. The van der Waals surface area contributed by atoms with Gasteiger partial charge < -0.3 is 14.5 Å². The number of hydrogen-bond donors (Lipinski definition) is 2. The van der Waals surface area contributed by atoms with Crippen LogP contribution in [-0.2, 0) is 0 Å². The number of allylic oxidation sites excluding steroid dienone is 4. The van der Waals surface area contributed by atoms with E-state index in [4.69, 9.17) is 0 Å². The lowest BCUT2D eigenvalue weighted by Crippen LogP contribution is -2.38. The van der Waals surface area contributed by atoms with E-state index >= 15 is 0 Å². The van der Waals surface area contributed by atoms with E-state index in [2.05, 4.69) is 115 Å². The number of anilines is 1. The Bertz CT molecular complexity index is 1090. The van der Waals surface area contributed by atoms with Crippen molar-refractivity contribution in [3.63, 3.8) is 0 Å². The van der Waals surface area contributed by atoms with Crippen LogP contribution >= 0.6 is 0 Å². The lowest BCUT2D eigenvalue weighted by molar-refractivity contribution is -0.462. The Hall–Kier alpha value is -2.80. The summed E-state index contributed by atoms with van der Waals surface area (Å²) in [7, 11) is 5.17. The molecule has 1 unspecified atom stereocenters. The van der Waals surface area contributed by atoms with Crippen LogP contribution in [0.4, 0.5) is 5.69 Å². The van der Waals surface area contributed by atoms with Crippen LogP contribution < -0.4 is 4.90 Å². The molecule has 0 radical (unpaired) electrons. The molecule has 0 heterocycles. The van der Waals surface area contributed by atoms with E-state index in [1.54, 1.807) is 0 Å². The molecule has 0 fully saturated rings. The maximum Gasteiger partial charge on any atom is 0.335 e. The smallest absolute Gasteiger partial charge is 0.335 e. The van der Waals surface area contributed by atoms with Crippen LogP contribution in [0.3, 0.4) is 0 Å². The number of aliphatic imine (C=N–C) groups is 1. The summed E-state index contributed by atoms with van der Waals surface area (Å²) in [5.74, 6) is 0.479. The summed E-state index contributed by atoms with van der Waals surface area (Å²) in [6, 6.07) is 18.0. The van der Waals surface area contributed by atoms with Gasteiger partial charge in [-0.05, 0) is 46.8 Å². The summed E-state index contributed by atoms with van der Waals surface area (Å²) < 4.78 is 2.13. The molecule has 5 nitrogen and oxygen atoms in total. The Kier molecular flexibility index (Phi) is 9.60. The van der Waals surface area contributed by atoms with E-state index in [0.29, 0.717) is 19.0 Å². The SMILES string of the molecule is CC(C)[Si](O)(O)CCCN=Cc1ccc(C(c2ccc(N(C)C)cc2)C2C=CC(=[N+](C)C)C=C2)cc1. The maximum atomic E-state index is 10.1. The molecular formula is C30H42N3O2Si+. The monoisotopic (exact) mass is 504 g/mol. The standard InChI is InChI=1S/C30H42N3O2Si/c1-23(2)36(34,35)21-7-20-31-22-24-8-10-25(11-9-24)30(26-12-16-28(17-13-26)32(3)4)27-14-18-29(19-15-27)33(5)6/h8-19,22-23,26,30,34-35H,7,20-21H2,1-6H3/q+1. The Morgan fingerprint density at radius 1 is 0.944 bits per heavy atom. The van der Waals surface area contributed by atoms with Crippen LogP contribution in [0, 0.1) is 5.92 Å². The highest BCUT2D eigenvalue weighted by atomic mass is 28.4. The van der Waals surface area contributed by atoms with Gasteiger partial charge in [-0.25, -0.2) is 4.58 Å². The van der Waals surface area contributed by atoms with Crippen molar-refractivity contribution in [1.82, 2.24) is 0 Å². The van der Waals surface area contributed by atoms with Gasteiger partial charge >= 0.3 is 8.56 Å². The molecule has 0 saturated heterocycles. The molecule has 0 saturated carbocycles. The molecule has 0 bridgehead atoms. The molecule has 2 aromatic rings. The van der Waals surface area contributed by atoms with Crippen molar-refractivity contribution >= 4 is 26.2 Å². The van der Waals surface area contributed by atoms with Gasteiger partial charge in [-0.2, -0.15) is 0 Å². The van der Waals surface area contributed by atoms with Crippen LogP contribution in [0.15, 0.2) is 77.8 Å². The highest BCUT2D eigenvalue weighted by molar-refractivity contribution is 6.66. The minimum Gasteiger partial charge on any atom is -0.410 e. The largest absolute Gasteiger partial charge is 0.410 e. The minimum absolute atomic E-state index is 0.0535. The van der Waals surface area contributed by atoms with Gasteiger partial charge in [0, 0.05) is 56.5 Å². The molecule has 3 rings (SSSR count). The van der Waals surface area contributed by atoms with E-state index in [-0.39, 0.29) is 17.4 Å². The van der Waals surface area contributed by atoms with Gasteiger partial charge in [0.25, 0.3) is 0 Å². The van der Waals surface area contributed by atoms with Gasteiger partial charge in [0.1, 0.15) is 14.1 Å². The third-order valence-electron chi connectivity index (χ3n) is 6.94. The normalized spacial score (nSPS) is 16.7. The van der Waals surface area contributed by atoms with Crippen LogP contribution in [0.1, 0.15) is 42.9 Å². The summed E-state index contributed by atoms with van der Waals surface area (Å²) in [6.07, 6.45) is 11.6. The third-order valence-corrected chi connectivity index (χ3v) is 9.88. The zero-order chi connectivity index (χ0) is 26.3. The van der Waals surface area contributed by atoms with Crippen LogP contribution in [-0.4, -0.2) is 69.4 Å². The van der Waals surface area contributed by atoms with E-state index in [1.165, 1.54) is 22.5 Å². The highest BCUT2D eigenvalue weighted by Crippen LogP contribution is 2.36. The first-order valence-electron chi connectivity index (χ1n) is 12.8. The number of hydrogen-bond acceptors (Lipinski definition) is 4. The lowest BCUT2D eigenvalue weighted by atomic mass is 9.78. The van der Waals surface area contributed by atoms with Crippen molar-refractivity contribution in [2.24, 2.45) is 10.9 Å². The molecule has 1 aliphatic carbocycles. The minimum atomic E-state index is -3.09. The van der Waals surface area contributed by atoms with Gasteiger partial charge in [0.05, 0.1) is 0 Å². The number of benzene rings is 2. The quantitative estimate of drug-likeness (QED) is 0.208. The van der Waals surface area contributed by atoms with Gasteiger partial charge in [-0.1, -0.05) is 62.4 Å². The van der Waals surface area contributed by atoms with E-state index in [1.807, 2.05) is 20.1 Å². The number of rotatable bonds is 10. The second-order valence-corrected chi connectivity index (χ2v) is 13.8. The molecule has 1 aliphatic rings. The summed E-state index contributed by atoms with van der Waals surface area (Å²) in [5, 5.41) is 0. The summed E-state index contributed by atoms with van der Waals surface area (Å²) in [4.78, 5) is 26.8. The molecule has 36 heavy (non-hydrogen) atoms. The van der Waals surface area contributed by atoms with Crippen LogP contribution in [0.25, 0.3) is 0 Å². The lowest BCUT2D eigenvalue weighted by Gasteiger charge is -2.25. The first-order chi connectivity index (χ1) is 17.1. The molecule has 0 aliphatic heterocycles. The Balaban J connectivity index is 1.77. The van der Waals surface area contributed by atoms with E-state index < -0.39 is 8.56 Å². The first-order valence-corrected chi connectivity index (χ1v) is 15.0. The van der Waals surface area contributed by atoms with Gasteiger partial charge in [-0.3, -0.25) is 4.99 Å². The Morgan fingerprint density at radius 2 is 1.50 bits per heavy atom. The van der Waals surface area contributed by atoms with Gasteiger partial charge in [0.2, 0.25) is 0 Å². The van der Waals surface area contributed by atoms with Gasteiger partial charge in [-0.15, -0.1) is 0 Å². The second-order valence-electron chi connectivity index (χ2n) is 10.4. The number of nitrogens with zero attached hydrogens (tertiary/aromatic N) is 3. The van der Waals surface area contributed by atoms with E-state index in [9.17, 15) is 9.59 Å².